The third-order valence-electron chi connectivity index (χ3n) is 12.4. The summed E-state index contributed by atoms with van der Waals surface area (Å²) in [7, 11) is 0. The van der Waals surface area contributed by atoms with Gasteiger partial charge in [-0.3, -0.25) is 9.59 Å². The van der Waals surface area contributed by atoms with Crippen LogP contribution in [0.5, 0.6) is 0 Å². The number of hydrogen-bond donors (Lipinski definition) is 2. The molecule has 0 aliphatic heterocycles. The summed E-state index contributed by atoms with van der Waals surface area (Å²) in [5.41, 5.74) is -0.956. The molecule has 220 valence electrons. The number of aliphatic hydroxyl groups is 1. The number of carbonyl (C=O) groups excluding carboxylic acids is 2. The zero-order chi connectivity index (χ0) is 29.7. The van der Waals surface area contributed by atoms with Crippen LogP contribution < -0.4 is 5.32 Å². The average molecular weight is 561 g/mol. The summed E-state index contributed by atoms with van der Waals surface area (Å²) >= 11 is 0. The molecule has 2 unspecified atom stereocenters. The first-order chi connectivity index (χ1) is 18.3. The van der Waals surface area contributed by atoms with Crippen LogP contribution in [-0.2, 0) is 9.59 Å². The van der Waals surface area contributed by atoms with Gasteiger partial charge in [0.15, 0.2) is 5.78 Å². The number of aliphatic hydroxyl groups excluding tert-OH is 1. The smallest absolute Gasteiger partial charge is 0.387 e. The minimum Gasteiger partial charge on any atom is -0.387 e. The maximum atomic E-state index is 14.4. The molecule has 3 fully saturated rings. The first kappa shape index (κ1) is 29.4. The predicted octanol–water partition coefficient (Wildman–Crippen LogP) is 6.43. The van der Waals surface area contributed by atoms with Crippen molar-refractivity contribution in [2.45, 2.75) is 111 Å². The molecule has 0 bridgehead atoms. The summed E-state index contributed by atoms with van der Waals surface area (Å²) < 4.78 is 39.4. The van der Waals surface area contributed by atoms with E-state index < -0.39 is 46.9 Å². The topological polar surface area (TPSA) is 90.2 Å². The van der Waals surface area contributed by atoms with Gasteiger partial charge in [0.25, 0.3) is 0 Å². The number of carbonyl (C=O) groups is 2. The first-order valence-electron chi connectivity index (χ1n) is 14.8. The fraction of sp³-hybridized carbons (Fsp3) is 0.781. The van der Waals surface area contributed by atoms with Crippen LogP contribution in [0.1, 0.15) is 92.9 Å². The molecule has 2 N–H and O–H groups in total. The number of rotatable bonds is 2. The van der Waals surface area contributed by atoms with Gasteiger partial charge in [-0.15, -0.1) is 0 Å². The molecule has 0 radical (unpaired) electrons. The van der Waals surface area contributed by atoms with Crippen LogP contribution in [0.15, 0.2) is 23.3 Å². The van der Waals surface area contributed by atoms with E-state index in [2.05, 4.69) is 46.0 Å². The Morgan fingerprint density at radius 3 is 2.38 bits per heavy atom. The maximum Gasteiger partial charge on any atom is 0.397 e. The number of nitriles is 1. The van der Waals surface area contributed by atoms with E-state index in [9.17, 15) is 33.1 Å². The van der Waals surface area contributed by atoms with Gasteiger partial charge < -0.3 is 10.4 Å². The molecule has 5 aliphatic rings. The van der Waals surface area contributed by atoms with Gasteiger partial charge in [-0.25, -0.2) is 0 Å². The molecule has 9 atom stereocenters. The number of hydrogen-bond acceptors (Lipinski definition) is 4. The lowest BCUT2D eigenvalue weighted by molar-refractivity contribution is -0.169. The van der Waals surface area contributed by atoms with Gasteiger partial charge in [0.2, 0.25) is 5.91 Å². The summed E-state index contributed by atoms with van der Waals surface area (Å²) in [6.07, 6.45) is 1.59. The van der Waals surface area contributed by atoms with Crippen molar-refractivity contribution in [3.8, 4) is 6.07 Å². The Morgan fingerprint density at radius 2 is 1.75 bits per heavy atom. The van der Waals surface area contributed by atoms with Crippen LogP contribution in [-0.4, -0.2) is 34.6 Å². The van der Waals surface area contributed by atoms with Crippen molar-refractivity contribution in [1.82, 2.24) is 5.32 Å². The highest BCUT2D eigenvalue weighted by Crippen LogP contribution is 2.72. The number of halogens is 3. The van der Waals surface area contributed by atoms with E-state index in [4.69, 9.17) is 0 Å². The molecule has 0 aromatic carbocycles. The Balaban J connectivity index is 1.61. The second-order valence-corrected chi connectivity index (χ2v) is 15.1. The van der Waals surface area contributed by atoms with E-state index in [-0.39, 0.29) is 34.4 Å². The molecule has 5 nitrogen and oxygen atoms in total. The highest BCUT2D eigenvalue weighted by atomic mass is 19.4. The Morgan fingerprint density at radius 1 is 1.10 bits per heavy atom. The molecule has 0 saturated heterocycles. The van der Waals surface area contributed by atoms with Gasteiger partial charge in [-0.2, -0.15) is 18.4 Å². The van der Waals surface area contributed by atoms with Gasteiger partial charge in [0, 0.05) is 16.9 Å². The predicted molar refractivity (Wildman–Crippen MR) is 144 cm³/mol. The molecule has 0 spiro atoms. The van der Waals surface area contributed by atoms with E-state index >= 15 is 0 Å². The number of fused-ring (bicyclic) bond motifs is 7. The average Bonchev–Trinajstić information content (AvgIpc) is 2.82. The molecule has 40 heavy (non-hydrogen) atoms. The lowest BCUT2D eigenvalue weighted by atomic mass is 9.35. The van der Waals surface area contributed by atoms with E-state index in [1.165, 1.54) is 0 Å². The molecule has 5 rings (SSSR count). The van der Waals surface area contributed by atoms with Crippen molar-refractivity contribution in [1.29, 1.82) is 5.26 Å². The molecule has 5 aliphatic carbocycles. The van der Waals surface area contributed by atoms with Crippen LogP contribution in [0.25, 0.3) is 0 Å². The SMILES string of the molecule is C[C@@H]1C(O)C(C#N)=C[C@]2(C)C3=CC(=O)C4[C@H]5CC(C)(C)CC[C@]5(NC(=O)CC(F)(F)F)CC[C@@]4(C)[C@]3(C)CC[C@@H]12. The Labute approximate surface area is 235 Å². The summed E-state index contributed by atoms with van der Waals surface area (Å²) in [5, 5.41) is 23.5. The van der Waals surface area contributed by atoms with Gasteiger partial charge in [0.05, 0.1) is 17.7 Å². The summed E-state index contributed by atoms with van der Waals surface area (Å²) in [4.78, 5) is 27.0. The zero-order valence-corrected chi connectivity index (χ0v) is 24.5. The molecular weight excluding hydrogens is 517 g/mol. The van der Waals surface area contributed by atoms with Crippen molar-refractivity contribution in [3.63, 3.8) is 0 Å². The molecule has 0 aromatic rings. The molecular formula is C32H43F3N2O3. The lowest BCUT2D eigenvalue weighted by Gasteiger charge is -2.69. The molecule has 0 heterocycles. The highest BCUT2D eigenvalue weighted by Gasteiger charge is 2.69. The number of ketones is 1. The van der Waals surface area contributed by atoms with Crippen LogP contribution in [0.2, 0.25) is 0 Å². The summed E-state index contributed by atoms with van der Waals surface area (Å²) in [5.74, 6) is -1.76. The van der Waals surface area contributed by atoms with Crippen molar-refractivity contribution >= 4 is 11.7 Å². The number of amides is 1. The standard InChI is InChI=1S/C32H43F3N2O3/c1-18-20-7-8-29(5)23(28(20,4)14-19(17-36)26(18)40)13-22(38)25-21-15-27(2,3)9-11-31(21,12-10-30(25,29)6)37-24(39)16-32(33,34)35/h13-14,18,20-21,25-26,40H,7-12,15-16H2,1-6H3,(H,37,39)/t18-,20-,21+,25?,26?,28-,29+,30+,31-/m0/s1. The van der Waals surface area contributed by atoms with Gasteiger partial charge in [0.1, 0.15) is 6.42 Å². The first-order valence-corrected chi connectivity index (χ1v) is 14.8. The summed E-state index contributed by atoms with van der Waals surface area (Å²) in [6, 6.07) is 2.19. The highest BCUT2D eigenvalue weighted by molar-refractivity contribution is 5.96. The van der Waals surface area contributed by atoms with Crippen molar-refractivity contribution < 1.29 is 27.9 Å². The van der Waals surface area contributed by atoms with Gasteiger partial charge >= 0.3 is 6.18 Å². The summed E-state index contributed by atoms with van der Waals surface area (Å²) in [6.45, 7) is 12.8. The van der Waals surface area contributed by atoms with E-state index in [1.807, 2.05) is 13.0 Å². The second-order valence-electron chi connectivity index (χ2n) is 15.1. The van der Waals surface area contributed by atoms with Crippen molar-refractivity contribution in [2.75, 3.05) is 0 Å². The Kier molecular flexibility index (Phi) is 6.55. The number of allylic oxidation sites excluding steroid dienone is 3. The molecule has 8 heteroatoms. The number of alkyl halides is 3. The minimum absolute atomic E-state index is 0.0145. The zero-order valence-electron chi connectivity index (χ0n) is 24.5. The molecule has 1 amide bonds. The van der Waals surface area contributed by atoms with Crippen LogP contribution >= 0.6 is 0 Å². The van der Waals surface area contributed by atoms with E-state index in [0.717, 1.165) is 24.8 Å². The minimum atomic E-state index is -4.59. The van der Waals surface area contributed by atoms with Gasteiger partial charge in [-0.05, 0) is 85.0 Å². The third kappa shape index (κ3) is 4.12. The molecule has 0 aromatic heterocycles. The van der Waals surface area contributed by atoms with Gasteiger partial charge in [-0.1, -0.05) is 53.2 Å². The quantitative estimate of drug-likeness (QED) is 0.407. The Hall–Kier alpha value is -2.14. The van der Waals surface area contributed by atoms with Crippen molar-refractivity contribution in [3.05, 3.63) is 23.3 Å². The van der Waals surface area contributed by atoms with Crippen molar-refractivity contribution in [2.24, 2.45) is 45.3 Å². The Bertz CT molecular complexity index is 1230. The maximum absolute atomic E-state index is 14.4. The number of nitrogens with one attached hydrogen (secondary N) is 1. The monoisotopic (exact) mass is 560 g/mol. The normalized spacial score (nSPS) is 45.9. The fourth-order valence-corrected chi connectivity index (χ4v) is 10.1. The lowest BCUT2D eigenvalue weighted by Crippen LogP contribution is -2.69. The second kappa shape index (κ2) is 8.93. The van der Waals surface area contributed by atoms with Crippen LogP contribution in [0, 0.1) is 56.7 Å². The van der Waals surface area contributed by atoms with Crippen LogP contribution in [0.3, 0.4) is 0 Å². The van der Waals surface area contributed by atoms with Crippen LogP contribution in [0.4, 0.5) is 13.2 Å². The fourth-order valence-electron chi connectivity index (χ4n) is 10.1. The molecule has 3 saturated carbocycles. The third-order valence-corrected chi connectivity index (χ3v) is 12.4. The largest absolute Gasteiger partial charge is 0.397 e. The van der Waals surface area contributed by atoms with E-state index in [1.54, 1.807) is 6.08 Å². The van der Waals surface area contributed by atoms with E-state index in [0.29, 0.717) is 31.3 Å². The number of nitrogens with zero attached hydrogens (tertiary/aromatic N) is 1.